The van der Waals surface area contributed by atoms with Crippen LogP contribution in [0.3, 0.4) is 0 Å². The maximum atomic E-state index is 12.8. The van der Waals surface area contributed by atoms with Crippen LogP contribution in [-0.4, -0.2) is 43.5 Å². The number of hydrogen-bond acceptors (Lipinski definition) is 3. The predicted molar refractivity (Wildman–Crippen MR) is 113 cm³/mol. The van der Waals surface area contributed by atoms with E-state index in [1.807, 2.05) is 14.0 Å². The van der Waals surface area contributed by atoms with Crippen LogP contribution in [0.4, 0.5) is 0 Å². The Morgan fingerprint density at radius 2 is 1.81 bits per heavy atom. The standard InChI is InChI=1S/C23H33N3O/c1-17(21-9-8-20-6-4-5-7-22(20)16-21)25-23(27)18(2)26-14-11-19(12-15-26)10-13-24-3/h4-9,16-19,24H,10-15H2,1-3H3,(H,25,27). The number of carbonyl (C=O) groups excluding carboxylic acids is 1. The van der Waals surface area contributed by atoms with Gasteiger partial charge in [-0.2, -0.15) is 0 Å². The molecule has 4 heteroatoms. The summed E-state index contributed by atoms with van der Waals surface area (Å²) in [5.41, 5.74) is 1.15. The SMILES string of the molecule is CNCCC1CCN(C(C)C(=O)NC(C)c2ccc3ccccc3c2)CC1. The molecule has 27 heavy (non-hydrogen) atoms. The topological polar surface area (TPSA) is 44.4 Å². The third-order valence-electron chi connectivity index (χ3n) is 6.01. The molecular weight excluding hydrogens is 334 g/mol. The van der Waals surface area contributed by atoms with Crippen LogP contribution in [0.1, 0.15) is 44.7 Å². The number of piperidine rings is 1. The van der Waals surface area contributed by atoms with E-state index in [1.54, 1.807) is 0 Å². The number of amides is 1. The van der Waals surface area contributed by atoms with Gasteiger partial charge in [0.2, 0.25) is 5.91 Å². The zero-order chi connectivity index (χ0) is 19.2. The fourth-order valence-corrected chi connectivity index (χ4v) is 4.04. The fourth-order valence-electron chi connectivity index (χ4n) is 4.04. The Bertz CT molecular complexity index is 752. The van der Waals surface area contributed by atoms with E-state index in [0.29, 0.717) is 0 Å². The smallest absolute Gasteiger partial charge is 0.237 e. The summed E-state index contributed by atoms with van der Waals surface area (Å²) in [6.07, 6.45) is 3.63. The van der Waals surface area contributed by atoms with Gasteiger partial charge in [0.25, 0.3) is 0 Å². The van der Waals surface area contributed by atoms with Gasteiger partial charge in [0.05, 0.1) is 12.1 Å². The van der Waals surface area contributed by atoms with Gasteiger partial charge in [0, 0.05) is 0 Å². The maximum absolute atomic E-state index is 12.8. The molecule has 2 aromatic rings. The Kier molecular flexibility index (Phi) is 6.86. The number of carbonyl (C=O) groups is 1. The van der Waals surface area contributed by atoms with Gasteiger partial charge in [0.15, 0.2) is 0 Å². The molecule has 2 N–H and O–H groups in total. The first-order chi connectivity index (χ1) is 13.1. The van der Waals surface area contributed by atoms with Crippen molar-refractivity contribution in [2.75, 3.05) is 26.7 Å². The van der Waals surface area contributed by atoms with Crippen molar-refractivity contribution in [3.05, 3.63) is 48.0 Å². The number of fused-ring (bicyclic) bond motifs is 1. The second kappa shape index (κ2) is 9.34. The van der Waals surface area contributed by atoms with Crippen molar-refractivity contribution in [1.82, 2.24) is 15.5 Å². The molecule has 0 aromatic heterocycles. The van der Waals surface area contributed by atoms with Crippen LogP contribution in [0.25, 0.3) is 10.8 Å². The fraction of sp³-hybridized carbons (Fsp3) is 0.522. The third-order valence-corrected chi connectivity index (χ3v) is 6.01. The van der Waals surface area contributed by atoms with Gasteiger partial charge in [-0.3, -0.25) is 9.69 Å². The molecule has 1 amide bonds. The molecule has 0 saturated carbocycles. The van der Waals surface area contributed by atoms with E-state index in [9.17, 15) is 4.79 Å². The summed E-state index contributed by atoms with van der Waals surface area (Å²) in [5.74, 6) is 0.921. The van der Waals surface area contributed by atoms with Gasteiger partial charge in [-0.25, -0.2) is 0 Å². The van der Waals surface area contributed by atoms with Crippen molar-refractivity contribution in [3.63, 3.8) is 0 Å². The largest absolute Gasteiger partial charge is 0.348 e. The first kappa shape index (κ1) is 19.8. The van der Waals surface area contributed by atoms with E-state index in [0.717, 1.165) is 31.1 Å². The van der Waals surface area contributed by atoms with Crippen molar-refractivity contribution in [2.45, 2.75) is 45.2 Å². The minimum absolute atomic E-state index is 0.0118. The van der Waals surface area contributed by atoms with Gasteiger partial charge in [0.1, 0.15) is 0 Å². The molecule has 2 aromatic carbocycles. The molecule has 1 aliphatic heterocycles. The van der Waals surface area contributed by atoms with Crippen molar-refractivity contribution in [2.24, 2.45) is 5.92 Å². The highest BCUT2D eigenvalue weighted by atomic mass is 16.2. The molecule has 2 unspecified atom stereocenters. The molecule has 146 valence electrons. The normalized spacial score (nSPS) is 18.3. The average Bonchev–Trinajstić information content (AvgIpc) is 2.71. The molecule has 1 heterocycles. The molecule has 1 aliphatic rings. The first-order valence-corrected chi connectivity index (χ1v) is 10.3. The molecule has 0 radical (unpaired) electrons. The lowest BCUT2D eigenvalue weighted by atomic mass is 9.92. The maximum Gasteiger partial charge on any atom is 0.237 e. The molecular formula is C23H33N3O. The summed E-state index contributed by atoms with van der Waals surface area (Å²) < 4.78 is 0. The lowest BCUT2D eigenvalue weighted by molar-refractivity contribution is -0.127. The van der Waals surface area contributed by atoms with E-state index < -0.39 is 0 Å². The number of hydrogen-bond donors (Lipinski definition) is 2. The Labute approximate surface area is 163 Å². The molecule has 3 rings (SSSR count). The number of rotatable bonds is 7. The molecule has 1 saturated heterocycles. The zero-order valence-corrected chi connectivity index (χ0v) is 16.9. The number of nitrogens with zero attached hydrogens (tertiary/aromatic N) is 1. The monoisotopic (exact) mass is 367 g/mol. The first-order valence-electron chi connectivity index (χ1n) is 10.3. The van der Waals surface area contributed by atoms with Crippen LogP contribution < -0.4 is 10.6 Å². The Morgan fingerprint density at radius 3 is 2.52 bits per heavy atom. The van der Waals surface area contributed by atoms with Crippen LogP contribution in [0.2, 0.25) is 0 Å². The Balaban J connectivity index is 1.54. The van der Waals surface area contributed by atoms with Crippen molar-refractivity contribution in [1.29, 1.82) is 0 Å². The summed E-state index contributed by atoms with van der Waals surface area (Å²) in [6, 6.07) is 14.7. The van der Waals surface area contributed by atoms with Crippen LogP contribution in [0, 0.1) is 5.92 Å². The summed E-state index contributed by atoms with van der Waals surface area (Å²) in [5, 5.41) is 8.90. The summed E-state index contributed by atoms with van der Waals surface area (Å²) in [4.78, 5) is 15.1. The third kappa shape index (κ3) is 5.08. The highest BCUT2D eigenvalue weighted by Crippen LogP contribution is 2.23. The number of nitrogens with one attached hydrogen (secondary N) is 2. The number of likely N-dealkylation sites (tertiary alicyclic amines) is 1. The van der Waals surface area contributed by atoms with Crippen LogP contribution in [0.15, 0.2) is 42.5 Å². The van der Waals surface area contributed by atoms with Crippen molar-refractivity contribution < 1.29 is 4.79 Å². The summed E-state index contributed by atoms with van der Waals surface area (Å²) in [7, 11) is 2.01. The molecule has 0 spiro atoms. The van der Waals surface area contributed by atoms with E-state index in [-0.39, 0.29) is 18.0 Å². The Morgan fingerprint density at radius 1 is 1.11 bits per heavy atom. The van der Waals surface area contributed by atoms with Crippen LogP contribution in [0.5, 0.6) is 0 Å². The lowest BCUT2D eigenvalue weighted by Crippen LogP contribution is -2.48. The molecule has 0 bridgehead atoms. The minimum Gasteiger partial charge on any atom is -0.348 e. The number of benzene rings is 2. The van der Waals surface area contributed by atoms with E-state index in [1.165, 1.54) is 30.0 Å². The average molecular weight is 368 g/mol. The van der Waals surface area contributed by atoms with Gasteiger partial charge >= 0.3 is 0 Å². The molecule has 2 atom stereocenters. The van der Waals surface area contributed by atoms with Gasteiger partial charge in [-0.05, 0) is 88.1 Å². The van der Waals surface area contributed by atoms with Crippen LogP contribution in [-0.2, 0) is 4.79 Å². The molecule has 4 nitrogen and oxygen atoms in total. The van der Waals surface area contributed by atoms with Gasteiger partial charge in [-0.15, -0.1) is 0 Å². The summed E-state index contributed by atoms with van der Waals surface area (Å²) in [6.45, 7) is 7.24. The second-order valence-electron chi connectivity index (χ2n) is 7.88. The summed E-state index contributed by atoms with van der Waals surface area (Å²) >= 11 is 0. The van der Waals surface area contributed by atoms with Crippen molar-refractivity contribution in [3.8, 4) is 0 Å². The van der Waals surface area contributed by atoms with E-state index in [4.69, 9.17) is 0 Å². The molecule has 1 fully saturated rings. The van der Waals surface area contributed by atoms with Gasteiger partial charge < -0.3 is 10.6 Å². The highest BCUT2D eigenvalue weighted by molar-refractivity contribution is 5.84. The van der Waals surface area contributed by atoms with E-state index in [2.05, 4.69) is 64.9 Å². The lowest BCUT2D eigenvalue weighted by Gasteiger charge is -2.35. The minimum atomic E-state index is -0.0712. The zero-order valence-electron chi connectivity index (χ0n) is 16.9. The van der Waals surface area contributed by atoms with Gasteiger partial charge in [-0.1, -0.05) is 36.4 Å². The van der Waals surface area contributed by atoms with E-state index >= 15 is 0 Å². The highest BCUT2D eigenvalue weighted by Gasteiger charge is 2.27. The Hall–Kier alpha value is -1.91. The quantitative estimate of drug-likeness (QED) is 0.784. The van der Waals surface area contributed by atoms with Crippen molar-refractivity contribution >= 4 is 16.7 Å². The van der Waals surface area contributed by atoms with Crippen LogP contribution >= 0.6 is 0 Å². The predicted octanol–water partition coefficient (Wildman–Crippen LogP) is 3.73. The molecule has 0 aliphatic carbocycles. The second-order valence-corrected chi connectivity index (χ2v) is 7.88.